The van der Waals surface area contributed by atoms with Crippen LogP contribution in [0.1, 0.15) is 49.9 Å². The van der Waals surface area contributed by atoms with Gasteiger partial charge in [0.05, 0.1) is 6.61 Å². The SMILES string of the molecule is CCCOc1ccc(C(=O)NCC(CCC)CCO)cc1. The number of aliphatic hydroxyl groups is 1. The van der Waals surface area contributed by atoms with Crippen molar-refractivity contribution in [3.63, 3.8) is 0 Å². The van der Waals surface area contributed by atoms with Crippen molar-refractivity contribution in [1.29, 1.82) is 0 Å². The molecule has 1 aromatic carbocycles. The molecule has 118 valence electrons. The van der Waals surface area contributed by atoms with E-state index in [0.717, 1.165) is 31.4 Å². The second-order valence-corrected chi connectivity index (χ2v) is 5.25. The zero-order valence-electron chi connectivity index (χ0n) is 13.1. The van der Waals surface area contributed by atoms with Crippen LogP contribution in [-0.2, 0) is 0 Å². The van der Waals surface area contributed by atoms with Gasteiger partial charge in [0.25, 0.3) is 5.91 Å². The van der Waals surface area contributed by atoms with Crippen LogP contribution in [0.3, 0.4) is 0 Å². The van der Waals surface area contributed by atoms with Crippen molar-refractivity contribution < 1.29 is 14.6 Å². The maximum atomic E-state index is 12.1. The summed E-state index contributed by atoms with van der Waals surface area (Å²) >= 11 is 0. The van der Waals surface area contributed by atoms with E-state index in [1.54, 1.807) is 12.1 Å². The van der Waals surface area contributed by atoms with Crippen molar-refractivity contribution in [2.75, 3.05) is 19.8 Å². The van der Waals surface area contributed by atoms with E-state index in [-0.39, 0.29) is 12.5 Å². The van der Waals surface area contributed by atoms with Gasteiger partial charge in [-0.1, -0.05) is 20.3 Å². The predicted octanol–water partition coefficient (Wildman–Crippen LogP) is 3.00. The number of amides is 1. The third-order valence-electron chi connectivity index (χ3n) is 3.37. The summed E-state index contributed by atoms with van der Waals surface area (Å²) in [6.07, 6.45) is 3.78. The Bertz CT molecular complexity index is 397. The lowest BCUT2D eigenvalue weighted by Crippen LogP contribution is -2.29. The molecule has 1 atom stereocenters. The van der Waals surface area contributed by atoms with Gasteiger partial charge in [-0.05, 0) is 49.4 Å². The van der Waals surface area contributed by atoms with Crippen LogP contribution in [-0.4, -0.2) is 30.8 Å². The molecule has 0 saturated heterocycles. The Morgan fingerprint density at radius 2 is 1.90 bits per heavy atom. The van der Waals surface area contributed by atoms with Crippen molar-refractivity contribution in [3.05, 3.63) is 29.8 Å². The van der Waals surface area contributed by atoms with E-state index in [0.29, 0.717) is 24.6 Å². The highest BCUT2D eigenvalue weighted by molar-refractivity contribution is 5.94. The van der Waals surface area contributed by atoms with Gasteiger partial charge in [0, 0.05) is 18.7 Å². The van der Waals surface area contributed by atoms with E-state index in [1.807, 2.05) is 12.1 Å². The van der Waals surface area contributed by atoms with Gasteiger partial charge in [-0.15, -0.1) is 0 Å². The van der Waals surface area contributed by atoms with Crippen molar-refractivity contribution in [3.8, 4) is 5.75 Å². The fourth-order valence-electron chi connectivity index (χ4n) is 2.20. The van der Waals surface area contributed by atoms with Gasteiger partial charge in [0.15, 0.2) is 0 Å². The largest absolute Gasteiger partial charge is 0.494 e. The van der Waals surface area contributed by atoms with Crippen molar-refractivity contribution >= 4 is 5.91 Å². The van der Waals surface area contributed by atoms with Gasteiger partial charge < -0.3 is 15.2 Å². The van der Waals surface area contributed by atoms with Gasteiger partial charge in [-0.3, -0.25) is 4.79 Å². The first-order valence-electron chi connectivity index (χ1n) is 7.83. The van der Waals surface area contributed by atoms with Crippen LogP contribution in [0.4, 0.5) is 0 Å². The van der Waals surface area contributed by atoms with Gasteiger partial charge in [0.2, 0.25) is 0 Å². The fourth-order valence-corrected chi connectivity index (χ4v) is 2.20. The van der Waals surface area contributed by atoms with E-state index in [1.165, 1.54) is 0 Å². The number of carbonyl (C=O) groups is 1. The molecule has 1 amide bonds. The normalized spacial score (nSPS) is 12.0. The summed E-state index contributed by atoms with van der Waals surface area (Å²) in [6.45, 7) is 5.64. The molecule has 2 N–H and O–H groups in total. The quantitative estimate of drug-likeness (QED) is 0.697. The summed E-state index contributed by atoms with van der Waals surface area (Å²) in [5.74, 6) is 1.06. The molecule has 0 heterocycles. The molecule has 4 nitrogen and oxygen atoms in total. The molecule has 0 spiro atoms. The minimum absolute atomic E-state index is 0.0731. The monoisotopic (exact) mass is 293 g/mol. The lowest BCUT2D eigenvalue weighted by atomic mass is 10.00. The van der Waals surface area contributed by atoms with E-state index < -0.39 is 0 Å². The summed E-state index contributed by atoms with van der Waals surface area (Å²) in [5.41, 5.74) is 0.637. The standard InChI is InChI=1S/C17H27NO3/c1-3-5-14(10-11-19)13-18-17(20)15-6-8-16(9-7-15)21-12-4-2/h6-9,14,19H,3-5,10-13H2,1-2H3,(H,18,20). The molecule has 0 radical (unpaired) electrons. The van der Waals surface area contributed by atoms with Crippen LogP contribution in [0.2, 0.25) is 0 Å². The van der Waals surface area contributed by atoms with Gasteiger partial charge >= 0.3 is 0 Å². The highest BCUT2D eigenvalue weighted by Gasteiger charge is 2.10. The number of aliphatic hydroxyl groups excluding tert-OH is 1. The summed E-state index contributed by atoms with van der Waals surface area (Å²) < 4.78 is 5.49. The average Bonchev–Trinajstić information content (AvgIpc) is 2.51. The van der Waals surface area contributed by atoms with Gasteiger partial charge in [-0.2, -0.15) is 0 Å². The smallest absolute Gasteiger partial charge is 0.251 e. The molecule has 0 fully saturated rings. The molecule has 0 saturated carbocycles. The van der Waals surface area contributed by atoms with Gasteiger partial charge in [0.1, 0.15) is 5.75 Å². The second-order valence-electron chi connectivity index (χ2n) is 5.25. The van der Waals surface area contributed by atoms with Crippen molar-refractivity contribution in [1.82, 2.24) is 5.32 Å². The summed E-state index contributed by atoms with van der Waals surface area (Å²) in [7, 11) is 0. The molecule has 1 rings (SSSR count). The minimum atomic E-state index is -0.0731. The lowest BCUT2D eigenvalue weighted by molar-refractivity contribution is 0.0943. The van der Waals surface area contributed by atoms with Crippen LogP contribution in [0.15, 0.2) is 24.3 Å². The summed E-state index contributed by atoms with van der Waals surface area (Å²) in [6, 6.07) is 7.20. The van der Waals surface area contributed by atoms with E-state index in [2.05, 4.69) is 19.2 Å². The highest BCUT2D eigenvalue weighted by Crippen LogP contribution is 2.13. The topological polar surface area (TPSA) is 58.6 Å². The van der Waals surface area contributed by atoms with Crippen LogP contribution in [0.5, 0.6) is 5.75 Å². The van der Waals surface area contributed by atoms with E-state index in [9.17, 15) is 4.79 Å². The zero-order valence-corrected chi connectivity index (χ0v) is 13.1. The third-order valence-corrected chi connectivity index (χ3v) is 3.37. The molecule has 0 aromatic heterocycles. The second kappa shape index (κ2) is 10.2. The number of benzene rings is 1. The molecule has 0 aliphatic heterocycles. The average molecular weight is 293 g/mol. The summed E-state index contributed by atoms with van der Waals surface area (Å²) in [5, 5.41) is 12.0. The Hall–Kier alpha value is -1.55. The van der Waals surface area contributed by atoms with Crippen LogP contribution in [0.25, 0.3) is 0 Å². The molecular weight excluding hydrogens is 266 g/mol. The van der Waals surface area contributed by atoms with Crippen molar-refractivity contribution in [2.45, 2.75) is 39.5 Å². The molecule has 0 bridgehead atoms. The Morgan fingerprint density at radius 3 is 2.48 bits per heavy atom. The Kier molecular flexibility index (Phi) is 8.51. The molecule has 0 aliphatic carbocycles. The van der Waals surface area contributed by atoms with Crippen LogP contribution >= 0.6 is 0 Å². The van der Waals surface area contributed by atoms with E-state index >= 15 is 0 Å². The molecular formula is C17H27NO3. The minimum Gasteiger partial charge on any atom is -0.494 e. The van der Waals surface area contributed by atoms with Gasteiger partial charge in [-0.25, -0.2) is 0 Å². The molecule has 1 aromatic rings. The molecule has 0 aliphatic rings. The number of ether oxygens (including phenoxy) is 1. The Labute approximate surface area is 127 Å². The Balaban J connectivity index is 2.47. The highest BCUT2D eigenvalue weighted by atomic mass is 16.5. The molecule has 1 unspecified atom stereocenters. The fraction of sp³-hybridized carbons (Fsp3) is 0.588. The maximum absolute atomic E-state index is 12.1. The first-order valence-corrected chi connectivity index (χ1v) is 7.83. The zero-order chi connectivity index (χ0) is 15.5. The number of nitrogens with one attached hydrogen (secondary N) is 1. The number of rotatable bonds is 10. The number of carbonyl (C=O) groups excluding carboxylic acids is 1. The lowest BCUT2D eigenvalue weighted by Gasteiger charge is -2.15. The molecule has 21 heavy (non-hydrogen) atoms. The maximum Gasteiger partial charge on any atom is 0.251 e. The van der Waals surface area contributed by atoms with Crippen LogP contribution in [0, 0.1) is 5.92 Å². The third kappa shape index (κ3) is 6.63. The van der Waals surface area contributed by atoms with E-state index in [4.69, 9.17) is 9.84 Å². The van der Waals surface area contributed by atoms with Crippen molar-refractivity contribution in [2.24, 2.45) is 5.92 Å². The summed E-state index contributed by atoms with van der Waals surface area (Å²) in [4.78, 5) is 12.1. The Morgan fingerprint density at radius 1 is 1.19 bits per heavy atom. The van der Waals surface area contributed by atoms with Crippen LogP contribution < -0.4 is 10.1 Å². The number of hydrogen-bond acceptors (Lipinski definition) is 3. The first-order chi connectivity index (χ1) is 10.2. The number of hydrogen-bond donors (Lipinski definition) is 2. The first kappa shape index (κ1) is 17.5. The predicted molar refractivity (Wildman–Crippen MR) is 84.7 cm³/mol. The molecule has 4 heteroatoms.